The van der Waals surface area contributed by atoms with Crippen LogP contribution in [-0.2, 0) is 0 Å². The number of rotatable bonds is 5. The molecule has 2 aromatic carbocycles. The molecule has 27 heavy (non-hydrogen) atoms. The smallest absolute Gasteiger partial charge is 0.282 e. The Labute approximate surface area is 168 Å². The van der Waals surface area contributed by atoms with Crippen molar-refractivity contribution >= 4 is 35.8 Å². The van der Waals surface area contributed by atoms with Gasteiger partial charge in [-0.3, -0.25) is 14.9 Å². The summed E-state index contributed by atoms with van der Waals surface area (Å²) in [7, 11) is 0. The van der Waals surface area contributed by atoms with Crippen molar-refractivity contribution in [3.8, 4) is 0 Å². The molecule has 1 fully saturated rings. The predicted molar refractivity (Wildman–Crippen MR) is 110 cm³/mol. The first-order valence-electron chi connectivity index (χ1n) is 8.42. The Balaban J connectivity index is 0.00000261. The molecule has 0 spiro atoms. The second-order valence-corrected chi connectivity index (χ2v) is 7.24. The first-order valence-corrected chi connectivity index (χ1v) is 9.64. The van der Waals surface area contributed by atoms with Crippen LogP contribution >= 0.6 is 24.2 Å². The van der Waals surface area contributed by atoms with Gasteiger partial charge in [0.1, 0.15) is 5.56 Å². The number of nitro groups is 1. The van der Waals surface area contributed by atoms with E-state index in [-0.39, 0.29) is 41.4 Å². The van der Waals surface area contributed by atoms with E-state index in [1.807, 2.05) is 36.6 Å². The highest BCUT2D eigenvalue weighted by Crippen LogP contribution is 2.34. The van der Waals surface area contributed by atoms with Crippen LogP contribution in [0.15, 0.2) is 53.4 Å². The summed E-state index contributed by atoms with van der Waals surface area (Å²) < 4.78 is 0. The summed E-state index contributed by atoms with van der Waals surface area (Å²) in [6.07, 6.45) is 1.88. The number of hydrogen-bond donors (Lipinski definition) is 1. The number of hydrogen-bond acceptors (Lipinski definition) is 5. The lowest BCUT2D eigenvalue weighted by Gasteiger charge is -2.17. The summed E-state index contributed by atoms with van der Waals surface area (Å²) in [5, 5.41) is 11.4. The summed E-state index contributed by atoms with van der Waals surface area (Å²) in [4.78, 5) is 26.4. The summed E-state index contributed by atoms with van der Waals surface area (Å²) in [6.45, 7) is 1.50. The molecule has 2 atom stereocenters. The van der Waals surface area contributed by atoms with E-state index in [0.29, 0.717) is 19.6 Å². The zero-order chi connectivity index (χ0) is 18.7. The van der Waals surface area contributed by atoms with Crippen LogP contribution in [0.25, 0.3) is 0 Å². The van der Waals surface area contributed by atoms with Crippen molar-refractivity contribution in [1.29, 1.82) is 0 Å². The molecule has 1 saturated heterocycles. The maximum Gasteiger partial charge on any atom is 0.282 e. The highest BCUT2D eigenvalue weighted by Gasteiger charge is 2.37. The number of nitrogens with zero attached hydrogens (tertiary/aromatic N) is 2. The van der Waals surface area contributed by atoms with Crippen molar-refractivity contribution < 1.29 is 9.72 Å². The highest BCUT2D eigenvalue weighted by molar-refractivity contribution is 7.98. The first-order chi connectivity index (χ1) is 12.5. The molecule has 0 aromatic heterocycles. The van der Waals surface area contributed by atoms with Gasteiger partial charge in [-0.1, -0.05) is 30.3 Å². The Kier molecular flexibility index (Phi) is 7.24. The highest BCUT2D eigenvalue weighted by atomic mass is 35.5. The van der Waals surface area contributed by atoms with Gasteiger partial charge in [0.2, 0.25) is 0 Å². The lowest BCUT2D eigenvalue weighted by Crippen LogP contribution is -2.30. The molecule has 0 aliphatic carbocycles. The van der Waals surface area contributed by atoms with Gasteiger partial charge in [-0.25, -0.2) is 0 Å². The molecule has 0 radical (unpaired) electrons. The minimum absolute atomic E-state index is 0. The summed E-state index contributed by atoms with van der Waals surface area (Å²) in [6, 6.07) is 14.7. The molecule has 3 rings (SSSR count). The molecule has 0 unspecified atom stereocenters. The molecule has 0 bridgehead atoms. The monoisotopic (exact) mass is 407 g/mol. The molecule has 6 nitrogen and oxygen atoms in total. The van der Waals surface area contributed by atoms with E-state index in [1.165, 1.54) is 17.8 Å². The van der Waals surface area contributed by atoms with E-state index in [9.17, 15) is 14.9 Å². The Morgan fingerprint density at radius 1 is 1.26 bits per heavy atom. The van der Waals surface area contributed by atoms with Gasteiger partial charge in [-0.2, -0.15) is 0 Å². The van der Waals surface area contributed by atoms with Gasteiger partial charge in [0, 0.05) is 30.0 Å². The minimum atomic E-state index is -0.498. The third-order valence-electron chi connectivity index (χ3n) is 4.89. The van der Waals surface area contributed by atoms with Crippen molar-refractivity contribution in [2.45, 2.75) is 10.8 Å². The Morgan fingerprint density at radius 3 is 2.56 bits per heavy atom. The van der Waals surface area contributed by atoms with Gasteiger partial charge in [-0.15, -0.1) is 24.2 Å². The van der Waals surface area contributed by atoms with Crippen molar-refractivity contribution in [3.05, 3.63) is 69.8 Å². The second-order valence-electron chi connectivity index (χ2n) is 6.36. The maximum absolute atomic E-state index is 13.1. The topological polar surface area (TPSA) is 89.5 Å². The molecule has 8 heteroatoms. The standard InChI is InChI=1S/C19H21N3O3S.ClH/c1-26-15-7-8-18(22(24)25)16(9-15)19(23)21-11-14(10-20)17(12-21)13-5-3-2-4-6-13;/h2-9,14,17H,10-12,20H2,1H3;1H/t14-,17+;/m1./s1. The third kappa shape index (κ3) is 4.43. The van der Waals surface area contributed by atoms with Crippen LogP contribution in [0.5, 0.6) is 0 Å². The van der Waals surface area contributed by atoms with Gasteiger partial charge in [0.25, 0.3) is 11.6 Å². The van der Waals surface area contributed by atoms with Crippen molar-refractivity contribution in [3.63, 3.8) is 0 Å². The van der Waals surface area contributed by atoms with Crippen LogP contribution in [0.1, 0.15) is 21.8 Å². The number of carbonyl (C=O) groups excluding carboxylic acids is 1. The van der Waals surface area contributed by atoms with Crippen LogP contribution in [0.2, 0.25) is 0 Å². The van der Waals surface area contributed by atoms with Gasteiger partial charge < -0.3 is 10.6 Å². The van der Waals surface area contributed by atoms with Gasteiger partial charge in [-0.05, 0) is 36.4 Å². The number of nitrogens with two attached hydrogens (primary N) is 1. The lowest BCUT2D eigenvalue weighted by molar-refractivity contribution is -0.385. The largest absolute Gasteiger partial charge is 0.337 e. The van der Waals surface area contributed by atoms with Gasteiger partial charge in [0.15, 0.2) is 0 Å². The van der Waals surface area contributed by atoms with Crippen LogP contribution < -0.4 is 5.73 Å². The van der Waals surface area contributed by atoms with Crippen LogP contribution in [0.3, 0.4) is 0 Å². The van der Waals surface area contributed by atoms with Crippen molar-refractivity contribution in [2.75, 3.05) is 25.9 Å². The van der Waals surface area contributed by atoms with Crippen LogP contribution in [0, 0.1) is 16.0 Å². The molecule has 144 valence electrons. The first kappa shape index (κ1) is 21.2. The van der Waals surface area contributed by atoms with Crippen molar-refractivity contribution in [2.24, 2.45) is 11.7 Å². The normalized spacial score (nSPS) is 18.8. The molecule has 0 saturated carbocycles. The predicted octanol–water partition coefficient (Wildman–Crippen LogP) is 3.55. The zero-order valence-corrected chi connectivity index (χ0v) is 16.5. The molecule has 1 aliphatic rings. The van der Waals surface area contributed by atoms with E-state index >= 15 is 0 Å². The quantitative estimate of drug-likeness (QED) is 0.465. The molecule has 2 aromatic rings. The van der Waals surface area contributed by atoms with Crippen LogP contribution in [-0.4, -0.2) is 41.6 Å². The molecule has 1 heterocycles. The van der Waals surface area contributed by atoms with Crippen LogP contribution in [0.4, 0.5) is 5.69 Å². The SMILES string of the molecule is CSc1ccc([N+](=O)[O-])c(C(=O)N2C[C@@H](CN)[C@H](c3ccccc3)C2)c1.Cl. The molecule has 1 aliphatic heterocycles. The Morgan fingerprint density at radius 2 is 1.96 bits per heavy atom. The lowest BCUT2D eigenvalue weighted by atomic mass is 9.89. The average Bonchev–Trinajstić information content (AvgIpc) is 3.12. The van der Waals surface area contributed by atoms with E-state index in [4.69, 9.17) is 5.73 Å². The number of nitro benzene ring substituents is 1. The van der Waals surface area contributed by atoms with E-state index in [2.05, 4.69) is 0 Å². The number of benzene rings is 2. The van der Waals surface area contributed by atoms with E-state index in [1.54, 1.807) is 17.0 Å². The number of amides is 1. The minimum Gasteiger partial charge on any atom is -0.337 e. The zero-order valence-electron chi connectivity index (χ0n) is 14.9. The summed E-state index contributed by atoms with van der Waals surface area (Å²) in [5.41, 5.74) is 7.07. The fourth-order valence-corrected chi connectivity index (χ4v) is 3.94. The maximum atomic E-state index is 13.1. The number of thioether (sulfide) groups is 1. The average molecular weight is 408 g/mol. The van der Waals surface area contributed by atoms with E-state index < -0.39 is 4.92 Å². The molecule has 1 amide bonds. The molecular weight excluding hydrogens is 386 g/mol. The number of carbonyl (C=O) groups is 1. The van der Waals surface area contributed by atoms with Gasteiger partial charge in [0.05, 0.1) is 4.92 Å². The van der Waals surface area contributed by atoms with Gasteiger partial charge >= 0.3 is 0 Å². The number of halogens is 1. The number of likely N-dealkylation sites (tertiary alicyclic amines) is 1. The second kappa shape index (κ2) is 9.21. The fourth-order valence-electron chi connectivity index (χ4n) is 3.50. The summed E-state index contributed by atoms with van der Waals surface area (Å²) in [5.74, 6) is -0.0124. The fraction of sp³-hybridized carbons (Fsp3) is 0.316. The van der Waals surface area contributed by atoms with E-state index in [0.717, 1.165) is 10.5 Å². The summed E-state index contributed by atoms with van der Waals surface area (Å²) >= 11 is 1.45. The van der Waals surface area contributed by atoms with Crippen molar-refractivity contribution in [1.82, 2.24) is 4.90 Å². The Hall–Kier alpha value is -2.09. The third-order valence-corrected chi connectivity index (χ3v) is 5.61. The molecule has 2 N–H and O–H groups in total. The molecular formula is C19H22ClN3O3S. The Bertz CT molecular complexity index is 819.